The molecule has 1 aliphatic heterocycles. The first-order chi connectivity index (χ1) is 8.97. The number of aromatic nitrogens is 2. The van der Waals surface area contributed by atoms with Crippen LogP contribution < -0.4 is 11.4 Å². The van der Waals surface area contributed by atoms with E-state index in [1.165, 1.54) is 16.8 Å². The zero-order chi connectivity index (χ0) is 14.0. The number of aliphatic hydroxyl groups is 1. The van der Waals surface area contributed by atoms with Gasteiger partial charge in [0.25, 0.3) is 0 Å². The predicted octanol–water partition coefficient (Wildman–Crippen LogP) is 0.194. The van der Waals surface area contributed by atoms with E-state index in [2.05, 4.69) is 17.2 Å². The Balaban J connectivity index is 2.07. The molecule has 10 heteroatoms. The van der Waals surface area contributed by atoms with Gasteiger partial charge in [0.05, 0.1) is 6.10 Å². The van der Waals surface area contributed by atoms with Gasteiger partial charge in [-0.05, 0) is 6.07 Å². The van der Waals surface area contributed by atoms with Crippen molar-refractivity contribution in [3.05, 3.63) is 22.7 Å². The smallest absolute Gasteiger partial charge is 0.390 e. The van der Waals surface area contributed by atoms with Crippen molar-refractivity contribution >= 4 is 36.0 Å². The van der Waals surface area contributed by atoms with Crippen LogP contribution in [0.15, 0.2) is 17.1 Å². The molecule has 7 nitrogen and oxygen atoms in total. The van der Waals surface area contributed by atoms with Crippen LogP contribution in [0, 0.1) is 0 Å². The fraction of sp³-hybridized carbons (Fsp3) is 0.556. The highest BCUT2D eigenvalue weighted by Crippen LogP contribution is 2.32. The van der Waals surface area contributed by atoms with Crippen LogP contribution in [0.1, 0.15) is 12.6 Å². The Labute approximate surface area is 120 Å². The van der Waals surface area contributed by atoms with Gasteiger partial charge in [0.1, 0.15) is 37.0 Å². The van der Waals surface area contributed by atoms with Gasteiger partial charge in [0.15, 0.2) is 0 Å². The molecule has 4 atom stereocenters. The third-order valence-electron chi connectivity index (χ3n) is 2.72. The fourth-order valence-corrected chi connectivity index (χ4v) is 2.48. The van der Waals surface area contributed by atoms with Gasteiger partial charge in [0, 0.05) is 12.6 Å². The number of nitrogen functional groups attached to an aromatic ring is 1. The van der Waals surface area contributed by atoms with Gasteiger partial charge < -0.3 is 15.6 Å². The Morgan fingerprint density at radius 3 is 3.16 bits per heavy atom. The van der Waals surface area contributed by atoms with E-state index in [-0.39, 0.29) is 18.8 Å². The Kier molecular flexibility index (Phi) is 4.88. The van der Waals surface area contributed by atoms with Crippen LogP contribution in [-0.2, 0) is 21.1 Å². The zero-order valence-corrected chi connectivity index (χ0v) is 12.4. The molecule has 1 aromatic heterocycles. The van der Waals surface area contributed by atoms with Crippen molar-refractivity contribution in [3.63, 3.8) is 0 Å². The molecule has 0 amide bonds. The molecule has 1 saturated heterocycles. The monoisotopic (exact) mass is 322 g/mol. The minimum Gasteiger partial charge on any atom is -0.390 e. The van der Waals surface area contributed by atoms with Crippen molar-refractivity contribution in [2.75, 3.05) is 12.3 Å². The maximum absolute atomic E-state index is 11.7. The topological polar surface area (TPSA) is 99.6 Å². The molecule has 2 heterocycles. The molecule has 2 rings (SSSR count). The predicted molar refractivity (Wildman–Crippen MR) is 76.7 cm³/mol. The SMILES string of the molecule is Nc1ccn([C@H]2C[C@H](O)[C@@H](CO[P+](=S)S)O2)c(=O)n1. The number of thiol groups is 1. The van der Waals surface area contributed by atoms with Crippen LogP contribution in [0.4, 0.5) is 5.82 Å². The maximum atomic E-state index is 11.7. The Bertz CT molecular complexity index is 540. The maximum Gasteiger partial charge on any atom is 0.411 e. The van der Waals surface area contributed by atoms with Crippen LogP contribution in [0.2, 0.25) is 0 Å². The Morgan fingerprint density at radius 2 is 2.53 bits per heavy atom. The van der Waals surface area contributed by atoms with Crippen LogP contribution in [0.3, 0.4) is 0 Å². The number of hydrogen-bond acceptors (Lipinski definition) is 7. The lowest BCUT2D eigenvalue weighted by molar-refractivity contribution is -0.0384. The van der Waals surface area contributed by atoms with Gasteiger partial charge in [-0.25, -0.2) is 4.79 Å². The van der Waals surface area contributed by atoms with Crippen LogP contribution in [0.25, 0.3) is 0 Å². The molecule has 1 unspecified atom stereocenters. The Morgan fingerprint density at radius 1 is 1.79 bits per heavy atom. The molecule has 1 fully saturated rings. The number of nitrogens with zero attached hydrogens (tertiary/aromatic N) is 2. The molecule has 19 heavy (non-hydrogen) atoms. The van der Waals surface area contributed by atoms with Crippen molar-refractivity contribution in [3.8, 4) is 0 Å². The summed E-state index contributed by atoms with van der Waals surface area (Å²) in [5.41, 5.74) is 4.89. The van der Waals surface area contributed by atoms with Crippen LogP contribution in [0.5, 0.6) is 0 Å². The van der Waals surface area contributed by atoms with Crippen molar-refractivity contribution in [1.82, 2.24) is 9.55 Å². The normalized spacial score (nSPS) is 27.5. The fourth-order valence-electron chi connectivity index (χ4n) is 1.82. The summed E-state index contributed by atoms with van der Waals surface area (Å²) < 4.78 is 12.0. The first-order valence-electron chi connectivity index (χ1n) is 5.44. The molecule has 104 valence electrons. The lowest BCUT2D eigenvalue weighted by atomic mass is 10.2. The van der Waals surface area contributed by atoms with Crippen LogP contribution >= 0.6 is 18.4 Å². The minimum absolute atomic E-state index is 0.145. The lowest BCUT2D eigenvalue weighted by Crippen LogP contribution is -2.28. The molecular weight excluding hydrogens is 309 g/mol. The second kappa shape index (κ2) is 6.25. The van der Waals surface area contributed by atoms with Gasteiger partial charge in [0.2, 0.25) is 11.8 Å². The van der Waals surface area contributed by atoms with Crippen molar-refractivity contribution < 1.29 is 14.4 Å². The third-order valence-corrected chi connectivity index (χ3v) is 3.75. The molecule has 0 radical (unpaired) electrons. The summed E-state index contributed by atoms with van der Waals surface area (Å²) in [6.45, 7) is 0.146. The van der Waals surface area contributed by atoms with Gasteiger partial charge in [-0.2, -0.15) is 9.51 Å². The molecule has 1 aliphatic rings. The Hall–Kier alpha value is -0.570. The molecule has 0 saturated carbocycles. The molecule has 0 bridgehead atoms. The number of rotatable bonds is 4. The summed E-state index contributed by atoms with van der Waals surface area (Å²) >= 11 is 8.76. The minimum atomic E-state index is -1.23. The molecule has 0 aromatic carbocycles. The molecular formula is C9H13N3O4PS2+. The summed E-state index contributed by atoms with van der Waals surface area (Å²) in [5, 5.41) is 9.86. The highest BCUT2D eigenvalue weighted by atomic mass is 32.9. The zero-order valence-electron chi connectivity index (χ0n) is 9.75. The average molecular weight is 322 g/mol. The number of ether oxygens (including phenoxy) is 1. The number of anilines is 1. The third kappa shape index (κ3) is 3.71. The van der Waals surface area contributed by atoms with E-state index in [9.17, 15) is 9.90 Å². The number of nitrogens with two attached hydrogens (primary N) is 1. The highest BCUT2D eigenvalue weighted by molar-refractivity contribution is 8.54. The molecule has 0 spiro atoms. The molecule has 1 aromatic rings. The van der Waals surface area contributed by atoms with Crippen LogP contribution in [-0.4, -0.2) is 33.5 Å². The molecule has 0 aliphatic carbocycles. The van der Waals surface area contributed by atoms with Gasteiger partial charge in [-0.15, -0.1) is 0 Å². The van der Waals surface area contributed by atoms with Crippen molar-refractivity contribution in [1.29, 1.82) is 0 Å². The standard InChI is InChI=1S/C9H12N3O4PS2/c10-7-1-2-12(9(14)11-7)8-3-5(13)6(16-8)4-15-17(18)19/h1-2,5-6,8,13H,3-4H2,(H2-,10,11,14,18,19)/p+1/t5-,6+,8+/m0/s1. The van der Waals surface area contributed by atoms with Gasteiger partial charge in [-0.3, -0.25) is 4.57 Å². The summed E-state index contributed by atoms with van der Waals surface area (Å²) in [5.74, 6) is 0.145. The summed E-state index contributed by atoms with van der Waals surface area (Å²) in [4.78, 5) is 15.3. The first-order valence-corrected chi connectivity index (χ1v) is 8.87. The van der Waals surface area contributed by atoms with E-state index in [0.717, 1.165) is 0 Å². The quantitative estimate of drug-likeness (QED) is 0.538. The van der Waals surface area contributed by atoms with E-state index >= 15 is 0 Å². The van der Waals surface area contributed by atoms with Crippen molar-refractivity contribution in [2.24, 2.45) is 0 Å². The summed E-state index contributed by atoms with van der Waals surface area (Å²) in [6, 6.07) is 1.50. The van der Waals surface area contributed by atoms with E-state index < -0.39 is 30.3 Å². The van der Waals surface area contributed by atoms with E-state index in [0.29, 0.717) is 0 Å². The van der Waals surface area contributed by atoms with E-state index in [1.54, 1.807) is 0 Å². The van der Waals surface area contributed by atoms with Gasteiger partial charge >= 0.3 is 11.8 Å². The lowest BCUT2D eigenvalue weighted by Gasteiger charge is -2.14. The highest BCUT2D eigenvalue weighted by Gasteiger charge is 2.36. The van der Waals surface area contributed by atoms with Gasteiger partial charge in [-0.1, -0.05) is 0 Å². The average Bonchev–Trinajstić information content (AvgIpc) is 2.67. The number of hydrogen-bond donors (Lipinski definition) is 3. The summed E-state index contributed by atoms with van der Waals surface area (Å²) in [6.07, 6.45) is -1.30. The summed E-state index contributed by atoms with van der Waals surface area (Å²) in [7, 11) is 0. The first kappa shape index (κ1) is 14.8. The molecule has 3 N–H and O–H groups in total. The van der Waals surface area contributed by atoms with E-state index in [4.69, 9.17) is 26.8 Å². The second-order valence-electron chi connectivity index (χ2n) is 4.01. The largest absolute Gasteiger partial charge is 0.411 e. The second-order valence-corrected chi connectivity index (χ2v) is 7.64. The number of aliphatic hydroxyl groups excluding tert-OH is 1. The van der Waals surface area contributed by atoms with E-state index in [1.807, 2.05) is 0 Å². The van der Waals surface area contributed by atoms with Crippen molar-refractivity contribution in [2.45, 2.75) is 24.9 Å².